The van der Waals surface area contributed by atoms with Crippen molar-refractivity contribution in [3.63, 3.8) is 0 Å². The molecule has 0 saturated carbocycles. The zero-order valence-electron chi connectivity index (χ0n) is 7.36. The molecule has 0 radical (unpaired) electrons. The second-order valence-electron chi connectivity index (χ2n) is 2.91. The molecule has 4 heteroatoms. The van der Waals surface area contributed by atoms with Crippen molar-refractivity contribution >= 4 is 11.9 Å². The van der Waals surface area contributed by atoms with E-state index in [1.165, 1.54) is 0 Å². The molecule has 0 unspecified atom stereocenters. The Hall–Kier alpha value is -1.84. The third-order valence-electron chi connectivity index (χ3n) is 1.72. The number of carboxylic acids is 2. The maximum atomic E-state index is 10.2. The van der Waals surface area contributed by atoms with Crippen LogP contribution in [-0.2, 0) is 22.4 Å². The summed E-state index contributed by atoms with van der Waals surface area (Å²) >= 11 is 0. The van der Waals surface area contributed by atoms with E-state index in [4.69, 9.17) is 0 Å². The van der Waals surface area contributed by atoms with Crippen LogP contribution in [0.4, 0.5) is 0 Å². The summed E-state index contributed by atoms with van der Waals surface area (Å²) in [6.45, 7) is 0. The van der Waals surface area contributed by atoms with E-state index in [0.717, 1.165) is 0 Å². The van der Waals surface area contributed by atoms with Crippen molar-refractivity contribution in [2.45, 2.75) is 12.8 Å². The number of carbonyl (C=O) groups is 2. The molecule has 0 atom stereocenters. The molecule has 0 amide bonds. The average Bonchev–Trinajstić information content (AvgIpc) is 2.06. The summed E-state index contributed by atoms with van der Waals surface area (Å²) in [5.74, 6) is -2.31. The minimum Gasteiger partial charge on any atom is -0.550 e. The van der Waals surface area contributed by atoms with Gasteiger partial charge in [0.2, 0.25) is 0 Å². The number of rotatable bonds is 4. The van der Waals surface area contributed by atoms with E-state index in [1.807, 2.05) is 0 Å². The van der Waals surface area contributed by atoms with Gasteiger partial charge < -0.3 is 19.8 Å². The van der Waals surface area contributed by atoms with Gasteiger partial charge in [-0.1, -0.05) is 24.3 Å². The van der Waals surface area contributed by atoms with Gasteiger partial charge in [-0.25, -0.2) is 0 Å². The summed E-state index contributed by atoms with van der Waals surface area (Å²) in [4.78, 5) is 20.4. The molecule has 0 N–H and O–H groups in total. The van der Waals surface area contributed by atoms with Gasteiger partial charge >= 0.3 is 0 Å². The number of benzene rings is 1. The molecular weight excluding hydrogens is 184 g/mol. The van der Waals surface area contributed by atoms with Crippen molar-refractivity contribution in [1.29, 1.82) is 0 Å². The van der Waals surface area contributed by atoms with E-state index in [1.54, 1.807) is 24.3 Å². The van der Waals surface area contributed by atoms with Crippen LogP contribution in [-0.4, -0.2) is 11.9 Å². The lowest BCUT2D eigenvalue weighted by Crippen LogP contribution is -2.25. The second-order valence-corrected chi connectivity index (χ2v) is 2.91. The number of aliphatic carboxylic acids is 2. The van der Waals surface area contributed by atoms with Gasteiger partial charge in [-0.2, -0.15) is 0 Å². The molecule has 0 spiro atoms. The van der Waals surface area contributed by atoms with E-state index in [-0.39, 0.29) is 12.8 Å². The molecule has 0 aliphatic heterocycles. The smallest absolute Gasteiger partial charge is 0.0458 e. The Morgan fingerprint density at radius 1 is 0.857 bits per heavy atom. The van der Waals surface area contributed by atoms with Gasteiger partial charge in [-0.05, 0) is 11.1 Å². The first-order valence-electron chi connectivity index (χ1n) is 4.05. The zero-order valence-corrected chi connectivity index (χ0v) is 7.36. The Kier molecular flexibility index (Phi) is 3.23. The molecule has 0 fully saturated rings. The average molecular weight is 192 g/mol. The van der Waals surface area contributed by atoms with E-state index in [9.17, 15) is 19.8 Å². The van der Waals surface area contributed by atoms with Crippen molar-refractivity contribution < 1.29 is 19.8 Å². The van der Waals surface area contributed by atoms with Crippen LogP contribution in [0.5, 0.6) is 0 Å². The maximum Gasteiger partial charge on any atom is 0.0458 e. The van der Waals surface area contributed by atoms with E-state index < -0.39 is 11.9 Å². The van der Waals surface area contributed by atoms with Crippen LogP contribution >= 0.6 is 0 Å². The maximum absolute atomic E-state index is 10.2. The van der Waals surface area contributed by atoms with Gasteiger partial charge in [0, 0.05) is 24.8 Å². The summed E-state index contributed by atoms with van der Waals surface area (Å²) < 4.78 is 0. The normalized spacial score (nSPS) is 9.71. The number of carboxylic acid groups (broad SMARTS) is 2. The molecule has 1 aromatic carbocycles. The van der Waals surface area contributed by atoms with Gasteiger partial charge in [0.15, 0.2) is 0 Å². The Morgan fingerprint density at radius 3 is 1.36 bits per heavy atom. The molecule has 0 heterocycles. The summed E-state index contributed by atoms with van der Waals surface area (Å²) in [6, 6.07) is 6.25. The van der Waals surface area contributed by atoms with Crippen molar-refractivity contribution in [1.82, 2.24) is 0 Å². The lowest BCUT2D eigenvalue weighted by Gasteiger charge is -2.05. The largest absolute Gasteiger partial charge is 0.550 e. The lowest BCUT2D eigenvalue weighted by molar-refractivity contribution is -0.306. The Labute approximate surface area is 80.8 Å². The third kappa shape index (κ3) is 3.26. The highest BCUT2D eigenvalue weighted by atomic mass is 16.4. The number of hydrogen-bond donors (Lipinski definition) is 0. The quantitative estimate of drug-likeness (QED) is 0.567. The molecular formula is C10H8O4-2. The molecule has 0 bridgehead atoms. The van der Waals surface area contributed by atoms with Crippen LogP contribution in [0, 0.1) is 0 Å². The topological polar surface area (TPSA) is 80.3 Å². The fourth-order valence-electron chi connectivity index (χ4n) is 1.11. The predicted molar refractivity (Wildman–Crippen MR) is 43.9 cm³/mol. The summed E-state index contributed by atoms with van der Waals surface area (Å²) in [7, 11) is 0. The molecule has 4 nitrogen and oxygen atoms in total. The van der Waals surface area contributed by atoms with Gasteiger partial charge in [-0.15, -0.1) is 0 Å². The molecule has 0 saturated heterocycles. The van der Waals surface area contributed by atoms with Gasteiger partial charge in [0.05, 0.1) is 0 Å². The summed E-state index contributed by atoms with van der Waals surface area (Å²) in [5.41, 5.74) is 1.18. The van der Waals surface area contributed by atoms with Gasteiger partial charge in [-0.3, -0.25) is 0 Å². The molecule has 1 aromatic rings. The third-order valence-corrected chi connectivity index (χ3v) is 1.72. The monoisotopic (exact) mass is 192 g/mol. The van der Waals surface area contributed by atoms with Crippen LogP contribution in [0.15, 0.2) is 24.3 Å². The summed E-state index contributed by atoms with van der Waals surface area (Å²) in [6.07, 6.45) is -0.322. The fourth-order valence-corrected chi connectivity index (χ4v) is 1.11. The van der Waals surface area contributed by atoms with Crippen molar-refractivity contribution in [3.8, 4) is 0 Å². The minimum absolute atomic E-state index is 0.161. The molecule has 1 rings (SSSR count). The van der Waals surface area contributed by atoms with Gasteiger partial charge in [0.25, 0.3) is 0 Å². The van der Waals surface area contributed by atoms with Crippen LogP contribution < -0.4 is 10.2 Å². The van der Waals surface area contributed by atoms with Crippen LogP contribution in [0.25, 0.3) is 0 Å². The Bertz CT molecular complexity index is 305. The highest BCUT2D eigenvalue weighted by molar-refractivity contribution is 5.69. The van der Waals surface area contributed by atoms with Crippen LogP contribution in [0.2, 0.25) is 0 Å². The summed E-state index contributed by atoms with van der Waals surface area (Å²) in [5, 5.41) is 20.4. The van der Waals surface area contributed by atoms with E-state index in [0.29, 0.717) is 11.1 Å². The first-order chi connectivity index (χ1) is 6.58. The first-order valence-corrected chi connectivity index (χ1v) is 4.05. The van der Waals surface area contributed by atoms with Crippen molar-refractivity contribution in [3.05, 3.63) is 35.4 Å². The van der Waals surface area contributed by atoms with Crippen molar-refractivity contribution in [2.75, 3.05) is 0 Å². The standard InChI is InChI=1S/C10H10O4/c11-9(12)5-7-1-2-8(4-3-7)6-10(13)14/h1-4H,5-6H2,(H,11,12)(H,13,14)/p-2. The number of carbonyl (C=O) groups excluding carboxylic acids is 2. The first kappa shape index (κ1) is 10.2. The highest BCUT2D eigenvalue weighted by Gasteiger charge is 1.95. The zero-order chi connectivity index (χ0) is 10.6. The van der Waals surface area contributed by atoms with Gasteiger partial charge in [0.1, 0.15) is 0 Å². The number of hydrogen-bond acceptors (Lipinski definition) is 4. The SMILES string of the molecule is O=C([O-])Cc1ccc(CC(=O)[O-])cc1. The molecule has 74 valence electrons. The highest BCUT2D eigenvalue weighted by Crippen LogP contribution is 2.05. The molecule has 14 heavy (non-hydrogen) atoms. The molecule has 0 aliphatic rings. The predicted octanol–water partition coefficient (Wildman–Crippen LogP) is -1.73. The Balaban J connectivity index is 2.68. The van der Waals surface area contributed by atoms with Crippen LogP contribution in [0.3, 0.4) is 0 Å². The molecule has 0 aliphatic carbocycles. The van der Waals surface area contributed by atoms with E-state index in [2.05, 4.69) is 0 Å². The fraction of sp³-hybridized carbons (Fsp3) is 0.200. The molecule has 0 aromatic heterocycles. The second kappa shape index (κ2) is 4.41. The Morgan fingerprint density at radius 2 is 1.14 bits per heavy atom. The van der Waals surface area contributed by atoms with Crippen molar-refractivity contribution in [2.24, 2.45) is 0 Å². The minimum atomic E-state index is -1.15. The van der Waals surface area contributed by atoms with E-state index >= 15 is 0 Å². The van der Waals surface area contributed by atoms with Crippen LogP contribution in [0.1, 0.15) is 11.1 Å². The lowest BCUT2D eigenvalue weighted by atomic mass is 10.1.